The monoisotopic (exact) mass is 228 g/mol. The number of benzene rings is 1. The van der Waals surface area contributed by atoms with Gasteiger partial charge in [-0.15, -0.1) is 0 Å². The highest BCUT2D eigenvalue weighted by atomic mass is 15.0. The van der Waals surface area contributed by atoms with Crippen LogP contribution in [0.1, 0.15) is 30.5 Å². The van der Waals surface area contributed by atoms with E-state index in [1.165, 1.54) is 22.4 Å². The second-order valence-electron chi connectivity index (χ2n) is 5.27. The lowest BCUT2D eigenvalue weighted by molar-refractivity contribution is -0.540. The van der Waals surface area contributed by atoms with Gasteiger partial charge in [0.15, 0.2) is 6.04 Å². The summed E-state index contributed by atoms with van der Waals surface area (Å²) in [6.45, 7) is 8.91. The molecule has 1 aliphatic heterocycles. The fourth-order valence-electron chi connectivity index (χ4n) is 2.38. The van der Waals surface area contributed by atoms with E-state index < -0.39 is 0 Å². The summed E-state index contributed by atoms with van der Waals surface area (Å²) < 4.78 is 2.40. The smallest absolute Gasteiger partial charge is 0.207 e. The summed E-state index contributed by atoms with van der Waals surface area (Å²) in [7, 11) is 2.20. The zero-order chi connectivity index (χ0) is 12.6. The Kier molecular flexibility index (Phi) is 3.19. The SMILES string of the molecule is Cc1ccc(C)c(C2=[N+](C)C(C)C(C)C=C2)c1. The van der Waals surface area contributed by atoms with Crippen molar-refractivity contribution in [2.45, 2.75) is 33.7 Å². The average Bonchev–Trinajstić information content (AvgIpc) is 2.30. The molecule has 17 heavy (non-hydrogen) atoms. The maximum Gasteiger partial charge on any atom is 0.207 e. The molecule has 1 heterocycles. The van der Waals surface area contributed by atoms with Crippen LogP contribution in [0.4, 0.5) is 0 Å². The molecule has 1 aromatic rings. The van der Waals surface area contributed by atoms with Crippen LogP contribution in [0.15, 0.2) is 30.4 Å². The lowest BCUT2D eigenvalue weighted by Crippen LogP contribution is -2.34. The van der Waals surface area contributed by atoms with Crippen molar-refractivity contribution >= 4 is 5.71 Å². The van der Waals surface area contributed by atoms with Crippen LogP contribution < -0.4 is 0 Å². The highest BCUT2D eigenvalue weighted by molar-refractivity contribution is 6.06. The van der Waals surface area contributed by atoms with Gasteiger partial charge >= 0.3 is 0 Å². The Balaban J connectivity index is 2.54. The number of allylic oxidation sites excluding steroid dienone is 1. The van der Waals surface area contributed by atoms with E-state index in [1.54, 1.807) is 0 Å². The Bertz CT molecular complexity index is 494. The van der Waals surface area contributed by atoms with Crippen LogP contribution in [0.3, 0.4) is 0 Å². The average molecular weight is 228 g/mol. The minimum Gasteiger partial charge on any atom is -0.229 e. The topological polar surface area (TPSA) is 3.01 Å². The normalized spacial score (nSPS) is 24.3. The Morgan fingerprint density at radius 2 is 1.82 bits per heavy atom. The number of nitrogens with zero attached hydrogens (tertiary/aromatic N) is 1. The molecule has 0 saturated carbocycles. The lowest BCUT2D eigenvalue weighted by atomic mass is 9.93. The van der Waals surface area contributed by atoms with Crippen LogP contribution in [-0.4, -0.2) is 23.4 Å². The van der Waals surface area contributed by atoms with Crippen molar-refractivity contribution < 1.29 is 4.58 Å². The maximum absolute atomic E-state index is 2.40. The first-order chi connectivity index (χ1) is 8.00. The van der Waals surface area contributed by atoms with Gasteiger partial charge in [-0.3, -0.25) is 0 Å². The summed E-state index contributed by atoms with van der Waals surface area (Å²) in [5.74, 6) is 0.619. The van der Waals surface area contributed by atoms with Gasteiger partial charge in [0.1, 0.15) is 7.05 Å². The van der Waals surface area contributed by atoms with E-state index in [0.29, 0.717) is 12.0 Å². The molecule has 2 rings (SSSR count). The van der Waals surface area contributed by atoms with E-state index in [4.69, 9.17) is 0 Å². The van der Waals surface area contributed by atoms with Crippen molar-refractivity contribution in [2.24, 2.45) is 5.92 Å². The van der Waals surface area contributed by atoms with Gasteiger partial charge < -0.3 is 0 Å². The Hall–Kier alpha value is -1.37. The summed E-state index contributed by atoms with van der Waals surface area (Å²) >= 11 is 0. The quantitative estimate of drug-likeness (QED) is 0.649. The highest BCUT2D eigenvalue weighted by Crippen LogP contribution is 2.19. The largest absolute Gasteiger partial charge is 0.229 e. The molecular weight excluding hydrogens is 206 g/mol. The molecule has 0 amide bonds. The van der Waals surface area contributed by atoms with Gasteiger partial charge in [0, 0.05) is 17.6 Å². The van der Waals surface area contributed by atoms with Gasteiger partial charge in [-0.2, -0.15) is 0 Å². The molecule has 1 heteroatoms. The third-order valence-electron chi connectivity index (χ3n) is 3.98. The highest BCUT2D eigenvalue weighted by Gasteiger charge is 2.26. The third-order valence-corrected chi connectivity index (χ3v) is 3.98. The van der Waals surface area contributed by atoms with Crippen molar-refractivity contribution in [3.63, 3.8) is 0 Å². The molecule has 0 radical (unpaired) electrons. The second kappa shape index (κ2) is 4.48. The maximum atomic E-state index is 2.40. The first-order valence-electron chi connectivity index (χ1n) is 6.36. The molecule has 1 nitrogen and oxygen atoms in total. The molecule has 1 aliphatic rings. The standard InChI is InChI=1S/C16H22N/c1-11-6-7-13(3)15(10-11)16-9-8-12(2)14(4)17(16)5/h6-10,12,14H,1-5H3/q+1. The molecule has 2 atom stereocenters. The molecule has 0 saturated heterocycles. The van der Waals surface area contributed by atoms with Crippen LogP contribution in [0.2, 0.25) is 0 Å². The molecule has 2 unspecified atom stereocenters. The predicted octanol–water partition coefficient (Wildman–Crippen LogP) is 3.33. The van der Waals surface area contributed by atoms with Crippen LogP contribution in [0.5, 0.6) is 0 Å². The fraction of sp³-hybridized carbons (Fsp3) is 0.438. The summed E-state index contributed by atoms with van der Waals surface area (Å²) in [5, 5.41) is 0. The summed E-state index contributed by atoms with van der Waals surface area (Å²) in [6, 6.07) is 7.24. The molecule has 0 aliphatic carbocycles. The Labute approximate surface area is 104 Å². The van der Waals surface area contributed by atoms with Crippen molar-refractivity contribution in [3.05, 3.63) is 47.0 Å². The molecule has 0 bridgehead atoms. The second-order valence-corrected chi connectivity index (χ2v) is 5.27. The Morgan fingerprint density at radius 1 is 1.12 bits per heavy atom. The van der Waals surface area contributed by atoms with E-state index in [0.717, 1.165) is 0 Å². The van der Waals surface area contributed by atoms with Gasteiger partial charge in [-0.05, 0) is 32.4 Å². The summed E-state index contributed by atoms with van der Waals surface area (Å²) in [6.07, 6.45) is 4.59. The van der Waals surface area contributed by atoms with Gasteiger partial charge in [0.25, 0.3) is 0 Å². The van der Waals surface area contributed by atoms with Crippen LogP contribution in [0.25, 0.3) is 0 Å². The van der Waals surface area contributed by atoms with Crippen molar-refractivity contribution in [1.29, 1.82) is 0 Å². The number of rotatable bonds is 1. The van der Waals surface area contributed by atoms with Gasteiger partial charge in [0.05, 0.1) is 0 Å². The van der Waals surface area contributed by atoms with Gasteiger partial charge in [0.2, 0.25) is 5.71 Å². The first-order valence-corrected chi connectivity index (χ1v) is 6.36. The summed E-state index contributed by atoms with van der Waals surface area (Å²) in [4.78, 5) is 0. The van der Waals surface area contributed by atoms with Gasteiger partial charge in [-0.25, -0.2) is 4.58 Å². The van der Waals surface area contributed by atoms with Crippen molar-refractivity contribution in [2.75, 3.05) is 7.05 Å². The summed E-state index contributed by atoms with van der Waals surface area (Å²) in [5.41, 5.74) is 5.38. The Morgan fingerprint density at radius 3 is 2.53 bits per heavy atom. The van der Waals surface area contributed by atoms with Crippen molar-refractivity contribution in [3.8, 4) is 0 Å². The molecular formula is C16H22N+. The van der Waals surface area contributed by atoms with Crippen LogP contribution in [0, 0.1) is 19.8 Å². The third kappa shape index (κ3) is 2.19. The van der Waals surface area contributed by atoms with Crippen molar-refractivity contribution in [1.82, 2.24) is 0 Å². The fourth-order valence-corrected chi connectivity index (χ4v) is 2.38. The minimum atomic E-state index is 0.565. The first kappa shape index (κ1) is 12.1. The lowest BCUT2D eigenvalue weighted by Gasteiger charge is -2.20. The zero-order valence-electron chi connectivity index (χ0n) is 11.5. The molecule has 0 aromatic heterocycles. The molecule has 0 spiro atoms. The van der Waals surface area contributed by atoms with Gasteiger partial charge in [-0.1, -0.05) is 30.7 Å². The van der Waals surface area contributed by atoms with E-state index in [1.807, 2.05) is 0 Å². The van der Waals surface area contributed by atoms with E-state index >= 15 is 0 Å². The molecule has 90 valence electrons. The van der Waals surface area contributed by atoms with E-state index in [-0.39, 0.29) is 0 Å². The molecule has 0 N–H and O–H groups in total. The molecule has 1 aromatic carbocycles. The zero-order valence-corrected chi connectivity index (χ0v) is 11.5. The minimum absolute atomic E-state index is 0.565. The number of aryl methyl sites for hydroxylation is 2. The van der Waals surface area contributed by atoms with Crippen LogP contribution in [-0.2, 0) is 0 Å². The number of hydrogen-bond donors (Lipinski definition) is 0. The molecule has 0 fully saturated rings. The van der Waals surface area contributed by atoms with E-state index in [2.05, 4.69) is 69.7 Å². The number of hydrogen-bond acceptors (Lipinski definition) is 0. The predicted molar refractivity (Wildman–Crippen MR) is 74.0 cm³/mol. The van der Waals surface area contributed by atoms with Crippen LogP contribution >= 0.6 is 0 Å². The van der Waals surface area contributed by atoms with E-state index in [9.17, 15) is 0 Å².